The molecule has 0 aromatic heterocycles. The van der Waals surface area contributed by atoms with E-state index in [4.69, 9.17) is 0 Å². The first kappa shape index (κ1) is 16.1. The number of nitro benzene ring substituents is 1. The van der Waals surface area contributed by atoms with Gasteiger partial charge in [0.25, 0.3) is 17.5 Å². The van der Waals surface area contributed by atoms with Crippen molar-refractivity contribution in [3.8, 4) is 0 Å². The molecule has 0 radical (unpaired) electrons. The first-order chi connectivity index (χ1) is 12.5. The fourth-order valence-electron chi connectivity index (χ4n) is 3.59. The van der Waals surface area contributed by atoms with Gasteiger partial charge in [0.2, 0.25) is 0 Å². The highest BCUT2D eigenvalue weighted by Crippen LogP contribution is 2.39. The van der Waals surface area contributed by atoms with Gasteiger partial charge >= 0.3 is 0 Å². The average Bonchev–Trinajstić information content (AvgIpc) is 3.12. The first-order valence-corrected chi connectivity index (χ1v) is 8.33. The van der Waals surface area contributed by atoms with Crippen LogP contribution in [-0.4, -0.2) is 22.4 Å². The van der Waals surface area contributed by atoms with Gasteiger partial charge in [-0.05, 0) is 43.1 Å². The molecule has 3 aliphatic rings. The van der Waals surface area contributed by atoms with E-state index in [0.29, 0.717) is 5.71 Å². The molecular weight excluding hydrogens is 334 g/mol. The van der Waals surface area contributed by atoms with E-state index in [9.17, 15) is 19.7 Å². The van der Waals surface area contributed by atoms with Gasteiger partial charge in [-0.3, -0.25) is 19.7 Å². The number of amides is 2. The minimum absolute atomic E-state index is 0.0389. The molecular formula is C19H15N3O4. The second-order valence-corrected chi connectivity index (χ2v) is 6.40. The maximum atomic E-state index is 12.3. The van der Waals surface area contributed by atoms with Crippen molar-refractivity contribution in [2.75, 3.05) is 0 Å². The number of carbonyl (C=O) groups excluding carboxylic acids is 2. The maximum Gasteiger partial charge on any atom is 0.277 e. The molecule has 1 aromatic carbocycles. The molecule has 1 heterocycles. The predicted octanol–water partition coefficient (Wildman–Crippen LogP) is 2.86. The van der Waals surface area contributed by atoms with E-state index in [1.165, 1.54) is 24.3 Å². The molecule has 2 aliphatic carbocycles. The molecule has 0 bridgehead atoms. The lowest BCUT2D eigenvalue weighted by molar-refractivity contribution is -0.384. The van der Waals surface area contributed by atoms with Gasteiger partial charge in [0.15, 0.2) is 0 Å². The molecule has 2 amide bonds. The summed E-state index contributed by atoms with van der Waals surface area (Å²) in [4.78, 5) is 38.8. The van der Waals surface area contributed by atoms with Gasteiger partial charge in [-0.1, -0.05) is 12.1 Å². The van der Waals surface area contributed by atoms with Crippen LogP contribution in [0.25, 0.3) is 0 Å². The van der Waals surface area contributed by atoms with Crippen LogP contribution in [0.3, 0.4) is 0 Å². The highest BCUT2D eigenvalue weighted by atomic mass is 16.6. The lowest BCUT2D eigenvalue weighted by Gasteiger charge is -2.28. The van der Waals surface area contributed by atoms with Crippen LogP contribution >= 0.6 is 0 Å². The monoisotopic (exact) mass is 349 g/mol. The highest BCUT2D eigenvalue weighted by Gasteiger charge is 2.34. The smallest absolute Gasteiger partial charge is 0.277 e. The molecule has 7 nitrogen and oxygen atoms in total. The highest BCUT2D eigenvalue weighted by molar-refractivity contribution is 6.14. The molecule has 26 heavy (non-hydrogen) atoms. The molecule has 1 aromatic rings. The van der Waals surface area contributed by atoms with Gasteiger partial charge in [0.1, 0.15) is 0 Å². The zero-order valence-corrected chi connectivity index (χ0v) is 13.8. The van der Waals surface area contributed by atoms with Gasteiger partial charge in [-0.15, -0.1) is 0 Å². The Balaban J connectivity index is 1.61. The number of benzene rings is 1. The average molecular weight is 349 g/mol. The van der Waals surface area contributed by atoms with Gasteiger partial charge < -0.3 is 5.32 Å². The number of nitro groups is 1. The van der Waals surface area contributed by atoms with Crippen LogP contribution in [0.5, 0.6) is 0 Å². The SMILES string of the molecule is O=C1NC2=CC(=NC(=O)c3cccc([N+](=O)[O-])c3)C=CC2C2=C1CCC2. The summed E-state index contributed by atoms with van der Waals surface area (Å²) in [6, 6.07) is 5.46. The Morgan fingerprint density at radius 2 is 2.15 bits per heavy atom. The number of hydrogen-bond acceptors (Lipinski definition) is 4. The van der Waals surface area contributed by atoms with Gasteiger partial charge in [-0.2, -0.15) is 0 Å². The number of allylic oxidation sites excluding steroid dienone is 3. The lowest BCUT2D eigenvalue weighted by Crippen LogP contribution is -2.35. The van der Waals surface area contributed by atoms with Crippen LogP contribution in [0.15, 0.2) is 64.3 Å². The van der Waals surface area contributed by atoms with E-state index in [2.05, 4.69) is 10.3 Å². The van der Waals surface area contributed by atoms with E-state index in [1.807, 2.05) is 6.08 Å². The predicted molar refractivity (Wildman–Crippen MR) is 94.6 cm³/mol. The van der Waals surface area contributed by atoms with E-state index in [0.717, 1.165) is 36.1 Å². The minimum Gasteiger partial charge on any atom is -0.325 e. The van der Waals surface area contributed by atoms with Crippen molar-refractivity contribution in [2.24, 2.45) is 10.9 Å². The minimum atomic E-state index is -0.563. The standard InChI is InChI=1S/C19H15N3O4/c23-18(11-3-1-4-13(9-11)22(25)26)20-12-7-8-15-14-5-2-6-16(14)19(24)21-17(15)10-12/h1,3-4,7-10,15H,2,5-6H2,(H,21,24). The number of nitrogens with zero attached hydrogens (tertiary/aromatic N) is 2. The number of nitrogens with one attached hydrogen (secondary N) is 1. The van der Waals surface area contributed by atoms with Crippen molar-refractivity contribution >= 4 is 23.2 Å². The summed E-state index contributed by atoms with van der Waals surface area (Å²) in [5.74, 6) is -0.594. The Bertz CT molecular complexity index is 969. The van der Waals surface area contributed by atoms with Gasteiger partial charge in [0.05, 0.1) is 10.6 Å². The number of rotatable bonds is 2. The largest absolute Gasteiger partial charge is 0.325 e. The Morgan fingerprint density at radius 1 is 1.31 bits per heavy atom. The van der Waals surface area contributed by atoms with Crippen LogP contribution in [-0.2, 0) is 4.79 Å². The number of aliphatic imine (C=N–C) groups is 1. The lowest BCUT2D eigenvalue weighted by atomic mass is 9.85. The summed E-state index contributed by atoms with van der Waals surface area (Å²) in [7, 11) is 0. The third kappa shape index (κ3) is 2.77. The van der Waals surface area contributed by atoms with Crippen LogP contribution in [0, 0.1) is 16.0 Å². The quantitative estimate of drug-likeness (QED) is 0.655. The summed E-state index contributed by atoms with van der Waals surface area (Å²) >= 11 is 0. The first-order valence-electron chi connectivity index (χ1n) is 8.33. The molecule has 4 rings (SSSR count). The Hall–Kier alpha value is -3.35. The fraction of sp³-hybridized carbons (Fsp3) is 0.211. The summed E-state index contributed by atoms with van der Waals surface area (Å²) in [6.07, 6.45) is 8.10. The Labute approximate surface area is 149 Å². The van der Waals surface area contributed by atoms with Crippen molar-refractivity contribution in [2.45, 2.75) is 19.3 Å². The topological polar surface area (TPSA) is 102 Å². The second kappa shape index (κ2) is 6.18. The third-order valence-electron chi connectivity index (χ3n) is 4.80. The third-order valence-corrected chi connectivity index (χ3v) is 4.80. The van der Waals surface area contributed by atoms with Crippen LogP contribution in [0.1, 0.15) is 29.6 Å². The Morgan fingerprint density at radius 3 is 2.96 bits per heavy atom. The number of fused-ring (bicyclic) bond motifs is 2. The molecule has 1 unspecified atom stereocenters. The molecule has 1 N–H and O–H groups in total. The molecule has 1 atom stereocenters. The number of hydrogen-bond donors (Lipinski definition) is 1. The summed E-state index contributed by atoms with van der Waals surface area (Å²) < 4.78 is 0. The molecule has 1 aliphatic heterocycles. The van der Waals surface area contributed by atoms with Crippen molar-refractivity contribution in [3.05, 3.63) is 75.0 Å². The second-order valence-electron chi connectivity index (χ2n) is 6.40. The molecule has 0 saturated heterocycles. The molecule has 130 valence electrons. The zero-order chi connectivity index (χ0) is 18.3. The summed E-state index contributed by atoms with van der Waals surface area (Å²) in [6.45, 7) is 0. The van der Waals surface area contributed by atoms with Crippen molar-refractivity contribution in [1.82, 2.24) is 5.32 Å². The van der Waals surface area contributed by atoms with Crippen LogP contribution in [0.2, 0.25) is 0 Å². The van der Waals surface area contributed by atoms with Crippen LogP contribution < -0.4 is 5.32 Å². The molecule has 0 spiro atoms. The molecule has 0 saturated carbocycles. The normalized spacial score (nSPS) is 22.6. The number of carbonyl (C=O) groups is 2. The van der Waals surface area contributed by atoms with E-state index >= 15 is 0 Å². The maximum absolute atomic E-state index is 12.3. The van der Waals surface area contributed by atoms with Crippen molar-refractivity contribution < 1.29 is 14.5 Å². The molecule has 0 fully saturated rings. The summed E-state index contributed by atoms with van der Waals surface area (Å²) in [5.41, 5.74) is 3.16. The van der Waals surface area contributed by atoms with Crippen molar-refractivity contribution in [1.29, 1.82) is 0 Å². The fourth-order valence-corrected chi connectivity index (χ4v) is 3.59. The summed E-state index contributed by atoms with van der Waals surface area (Å²) in [5, 5.41) is 13.7. The number of non-ortho nitro benzene ring substituents is 1. The Kier molecular flexibility index (Phi) is 3.84. The van der Waals surface area contributed by atoms with Crippen molar-refractivity contribution in [3.63, 3.8) is 0 Å². The van der Waals surface area contributed by atoms with E-state index in [-0.39, 0.29) is 23.1 Å². The van der Waals surface area contributed by atoms with Crippen LogP contribution in [0.4, 0.5) is 5.69 Å². The van der Waals surface area contributed by atoms with Gasteiger partial charge in [-0.25, -0.2) is 4.99 Å². The molecule has 7 heteroatoms. The zero-order valence-electron chi connectivity index (χ0n) is 13.8. The van der Waals surface area contributed by atoms with E-state index in [1.54, 1.807) is 12.2 Å². The van der Waals surface area contributed by atoms with Gasteiger partial charge in [0, 0.05) is 34.9 Å². The van der Waals surface area contributed by atoms with E-state index < -0.39 is 10.8 Å².